The Balaban J connectivity index is 2.98. The van der Waals surface area contributed by atoms with Crippen molar-refractivity contribution in [2.75, 3.05) is 18.0 Å². The number of nitrogens with zero attached hydrogens (tertiary/aromatic N) is 1. The highest BCUT2D eigenvalue weighted by Gasteiger charge is 2.18. The smallest absolute Gasteiger partial charge is 0.0765 e. The van der Waals surface area contributed by atoms with Crippen LogP contribution in [0.15, 0.2) is 18.2 Å². The standard InChI is InChI=1S/C14H23ClN2O/c1-5-17(9-14(3,4)18)11-6-7-12(10(2)16)13(15)8-11/h6-8,10,18H,5,9,16H2,1-4H3. The molecule has 1 unspecified atom stereocenters. The molecule has 0 bridgehead atoms. The van der Waals surface area contributed by atoms with Gasteiger partial charge in [0.05, 0.1) is 5.60 Å². The van der Waals surface area contributed by atoms with Crippen LogP contribution in [-0.4, -0.2) is 23.8 Å². The van der Waals surface area contributed by atoms with Crippen molar-refractivity contribution in [2.45, 2.75) is 39.3 Å². The molecule has 0 saturated carbocycles. The van der Waals surface area contributed by atoms with Gasteiger partial charge in [-0.3, -0.25) is 0 Å². The van der Waals surface area contributed by atoms with Crippen LogP contribution in [0.4, 0.5) is 5.69 Å². The van der Waals surface area contributed by atoms with Crippen molar-refractivity contribution in [1.29, 1.82) is 0 Å². The van der Waals surface area contributed by atoms with E-state index >= 15 is 0 Å². The number of likely N-dealkylation sites (N-methyl/N-ethyl adjacent to an activating group) is 1. The SMILES string of the molecule is CCN(CC(C)(C)O)c1ccc(C(C)N)c(Cl)c1. The fourth-order valence-electron chi connectivity index (χ4n) is 1.93. The number of hydrogen-bond acceptors (Lipinski definition) is 3. The van der Waals surface area contributed by atoms with E-state index in [9.17, 15) is 5.11 Å². The third-order valence-electron chi connectivity index (χ3n) is 2.80. The lowest BCUT2D eigenvalue weighted by Gasteiger charge is -2.30. The van der Waals surface area contributed by atoms with Crippen LogP contribution in [-0.2, 0) is 0 Å². The summed E-state index contributed by atoms with van der Waals surface area (Å²) in [6.45, 7) is 8.95. The Morgan fingerprint density at radius 2 is 2.06 bits per heavy atom. The van der Waals surface area contributed by atoms with Crippen LogP contribution >= 0.6 is 11.6 Å². The summed E-state index contributed by atoms with van der Waals surface area (Å²) in [7, 11) is 0. The number of benzene rings is 1. The van der Waals surface area contributed by atoms with E-state index in [0.29, 0.717) is 11.6 Å². The minimum Gasteiger partial charge on any atom is -0.389 e. The molecule has 0 aliphatic rings. The lowest BCUT2D eigenvalue weighted by molar-refractivity contribution is 0.0876. The van der Waals surface area contributed by atoms with Crippen LogP contribution in [0.1, 0.15) is 39.3 Å². The van der Waals surface area contributed by atoms with E-state index in [-0.39, 0.29) is 6.04 Å². The maximum atomic E-state index is 9.90. The zero-order valence-electron chi connectivity index (χ0n) is 11.6. The van der Waals surface area contributed by atoms with Gasteiger partial charge >= 0.3 is 0 Å². The Hall–Kier alpha value is -0.770. The quantitative estimate of drug-likeness (QED) is 0.865. The average molecular weight is 271 g/mol. The van der Waals surface area contributed by atoms with Crippen molar-refractivity contribution in [1.82, 2.24) is 0 Å². The summed E-state index contributed by atoms with van der Waals surface area (Å²) < 4.78 is 0. The first-order chi connectivity index (χ1) is 8.24. The lowest BCUT2D eigenvalue weighted by atomic mass is 10.1. The number of aliphatic hydroxyl groups is 1. The van der Waals surface area contributed by atoms with E-state index in [2.05, 4.69) is 11.8 Å². The number of halogens is 1. The molecule has 1 aromatic carbocycles. The summed E-state index contributed by atoms with van der Waals surface area (Å²) in [6.07, 6.45) is 0. The predicted octanol–water partition coefficient (Wildman–Crippen LogP) is 2.96. The third kappa shape index (κ3) is 4.16. The molecule has 0 saturated heterocycles. The zero-order valence-corrected chi connectivity index (χ0v) is 12.3. The Labute approximate surface area is 115 Å². The summed E-state index contributed by atoms with van der Waals surface area (Å²) in [5.74, 6) is 0. The van der Waals surface area contributed by atoms with E-state index in [1.807, 2.05) is 25.1 Å². The van der Waals surface area contributed by atoms with Gasteiger partial charge in [0.1, 0.15) is 0 Å². The van der Waals surface area contributed by atoms with Gasteiger partial charge < -0.3 is 15.7 Å². The fourth-order valence-corrected chi connectivity index (χ4v) is 2.28. The molecule has 3 nitrogen and oxygen atoms in total. The maximum Gasteiger partial charge on any atom is 0.0765 e. The highest BCUT2D eigenvalue weighted by atomic mass is 35.5. The van der Waals surface area contributed by atoms with E-state index < -0.39 is 5.60 Å². The Morgan fingerprint density at radius 3 is 2.44 bits per heavy atom. The predicted molar refractivity (Wildman–Crippen MR) is 78.2 cm³/mol. The van der Waals surface area contributed by atoms with Crippen molar-refractivity contribution >= 4 is 17.3 Å². The van der Waals surface area contributed by atoms with Crippen LogP contribution in [0.5, 0.6) is 0 Å². The second kappa shape index (κ2) is 5.91. The number of hydrogen-bond donors (Lipinski definition) is 2. The van der Waals surface area contributed by atoms with Crippen LogP contribution in [0.2, 0.25) is 5.02 Å². The summed E-state index contributed by atoms with van der Waals surface area (Å²) in [4.78, 5) is 2.09. The second-order valence-electron chi connectivity index (χ2n) is 5.32. The summed E-state index contributed by atoms with van der Waals surface area (Å²) in [6, 6.07) is 5.79. The minimum atomic E-state index is -0.734. The van der Waals surface area contributed by atoms with Gasteiger partial charge in [-0.05, 0) is 45.4 Å². The van der Waals surface area contributed by atoms with Crippen LogP contribution < -0.4 is 10.6 Å². The molecule has 0 radical (unpaired) electrons. The molecule has 0 aliphatic carbocycles. The van der Waals surface area contributed by atoms with Crippen molar-refractivity contribution in [2.24, 2.45) is 5.73 Å². The molecule has 1 aromatic rings. The van der Waals surface area contributed by atoms with Gasteiger partial charge in [0.15, 0.2) is 0 Å². The molecule has 102 valence electrons. The lowest BCUT2D eigenvalue weighted by Crippen LogP contribution is -2.38. The molecule has 0 fully saturated rings. The molecular weight excluding hydrogens is 248 g/mol. The van der Waals surface area contributed by atoms with Gasteiger partial charge in [0, 0.05) is 29.8 Å². The van der Waals surface area contributed by atoms with Crippen molar-refractivity contribution in [3.05, 3.63) is 28.8 Å². The molecule has 1 atom stereocenters. The molecule has 0 aliphatic heterocycles. The molecule has 0 spiro atoms. The van der Waals surface area contributed by atoms with Crippen molar-refractivity contribution < 1.29 is 5.11 Å². The number of nitrogens with two attached hydrogens (primary N) is 1. The highest BCUT2D eigenvalue weighted by Crippen LogP contribution is 2.27. The van der Waals surface area contributed by atoms with Crippen LogP contribution in [0, 0.1) is 0 Å². The Morgan fingerprint density at radius 1 is 1.44 bits per heavy atom. The first kappa shape index (κ1) is 15.3. The van der Waals surface area contributed by atoms with Crippen molar-refractivity contribution in [3.63, 3.8) is 0 Å². The molecule has 3 N–H and O–H groups in total. The van der Waals surface area contributed by atoms with Gasteiger partial charge in [-0.15, -0.1) is 0 Å². The summed E-state index contributed by atoms with van der Waals surface area (Å²) in [5, 5.41) is 10.6. The maximum absolute atomic E-state index is 9.90. The largest absolute Gasteiger partial charge is 0.389 e. The van der Waals surface area contributed by atoms with Gasteiger partial charge in [0.2, 0.25) is 0 Å². The van der Waals surface area contributed by atoms with E-state index in [4.69, 9.17) is 17.3 Å². The molecule has 1 rings (SSSR count). The fraction of sp³-hybridized carbons (Fsp3) is 0.571. The third-order valence-corrected chi connectivity index (χ3v) is 3.13. The van der Waals surface area contributed by atoms with Crippen LogP contribution in [0.3, 0.4) is 0 Å². The Kier molecular flexibility index (Phi) is 5.02. The second-order valence-corrected chi connectivity index (χ2v) is 5.73. The Bertz CT molecular complexity index is 399. The van der Waals surface area contributed by atoms with Crippen LogP contribution in [0.25, 0.3) is 0 Å². The average Bonchev–Trinajstić information content (AvgIpc) is 2.24. The molecule has 4 heteroatoms. The topological polar surface area (TPSA) is 49.5 Å². The first-order valence-corrected chi connectivity index (χ1v) is 6.64. The van der Waals surface area contributed by atoms with E-state index in [0.717, 1.165) is 17.8 Å². The molecular formula is C14H23ClN2O. The number of rotatable bonds is 5. The van der Waals surface area contributed by atoms with E-state index in [1.165, 1.54) is 0 Å². The number of anilines is 1. The normalized spacial score (nSPS) is 13.5. The monoisotopic (exact) mass is 270 g/mol. The molecule has 0 aromatic heterocycles. The zero-order chi connectivity index (χ0) is 13.9. The summed E-state index contributed by atoms with van der Waals surface area (Å²) in [5.41, 5.74) is 7.06. The van der Waals surface area contributed by atoms with Gasteiger partial charge in [-0.1, -0.05) is 17.7 Å². The molecule has 0 amide bonds. The molecule has 0 heterocycles. The molecule has 18 heavy (non-hydrogen) atoms. The van der Waals surface area contributed by atoms with E-state index in [1.54, 1.807) is 13.8 Å². The summed E-state index contributed by atoms with van der Waals surface area (Å²) >= 11 is 6.23. The van der Waals surface area contributed by atoms with Crippen molar-refractivity contribution in [3.8, 4) is 0 Å². The minimum absolute atomic E-state index is 0.0732. The highest BCUT2D eigenvalue weighted by molar-refractivity contribution is 6.31. The van der Waals surface area contributed by atoms with Gasteiger partial charge in [-0.25, -0.2) is 0 Å². The van der Waals surface area contributed by atoms with Gasteiger partial charge in [0.25, 0.3) is 0 Å². The van der Waals surface area contributed by atoms with Gasteiger partial charge in [-0.2, -0.15) is 0 Å². The first-order valence-electron chi connectivity index (χ1n) is 6.27.